The Labute approximate surface area is 190 Å². The summed E-state index contributed by atoms with van der Waals surface area (Å²) in [5, 5.41) is 6.45. The lowest BCUT2D eigenvalue weighted by molar-refractivity contribution is -0.135. The zero-order chi connectivity index (χ0) is 20.6. The Morgan fingerprint density at radius 3 is 2.55 bits per heavy atom. The SMILES string of the molecule is CN=C(NCCNS(=O)(=O)c1cccnc1)NC1CCN(C(=O)C(C)C)CC1.I. The smallest absolute Gasteiger partial charge is 0.242 e. The fraction of sp³-hybridized carbons (Fsp3) is 0.611. The normalized spacial score (nSPS) is 15.7. The van der Waals surface area contributed by atoms with Gasteiger partial charge in [0, 0.05) is 57.6 Å². The summed E-state index contributed by atoms with van der Waals surface area (Å²) in [5.74, 6) is 0.838. The number of piperidine rings is 1. The van der Waals surface area contributed by atoms with Crippen LogP contribution in [0.5, 0.6) is 0 Å². The van der Waals surface area contributed by atoms with Crippen LogP contribution in [0.4, 0.5) is 0 Å². The number of nitrogens with one attached hydrogen (secondary N) is 3. The van der Waals surface area contributed by atoms with Gasteiger partial charge in [-0.15, -0.1) is 24.0 Å². The van der Waals surface area contributed by atoms with E-state index >= 15 is 0 Å². The lowest BCUT2D eigenvalue weighted by Gasteiger charge is -2.34. The van der Waals surface area contributed by atoms with Gasteiger partial charge in [-0.1, -0.05) is 13.8 Å². The summed E-state index contributed by atoms with van der Waals surface area (Å²) >= 11 is 0. The highest BCUT2D eigenvalue weighted by Gasteiger charge is 2.24. The first-order valence-electron chi connectivity index (χ1n) is 9.49. The van der Waals surface area contributed by atoms with Crippen molar-refractivity contribution in [3.8, 4) is 0 Å². The molecule has 1 aliphatic rings. The van der Waals surface area contributed by atoms with Crippen molar-refractivity contribution in [1.29, 1.82) is 0 Å². The maximum Gasteiger partial charge on any atom is 0.242 e. The highest BCUT2D eigenvalue weighted by Crippen LogP contribution is 2.13. The summed E-state index contributed by atoms with van der Waals surface area (Å²) < 4.78 is 26.8. The molecule has 164 valence electrons. The number of halogens is 1. The highest BCUT2D eigenvalue weighted by atomic mass is 127. The lowest BCUT2D eigenvalue weighted by Crippen LogP contribution is -2.51. The molecule has 0 atom stereocenters. The number of nitrogens with zero attached hydrogens (tertiary/aromatic N) is 3. The van der Waals surface area contributed by atoms with Crippen LogP contribution in [0.1, 0.15) is 26.7 Å². The Balaban J connectivity index is 0.00000420. The molecule has 0 bridgehead atoms. The van der Waals surface area contributed by atoms with Gasteiger partial charge in [0.15, 0.2) is 5.96 Å². The Morgan fingerprint density at radius 1 is 1.31 bits per heavy atom. The largest absolute Gasteiger partial charge is 0.355 e. The second kappa shape index (κ2) is 12.3. The second-order valence-corrected chi connectivity index (χ2v) is 8.75. The van der Waals surface area contributed by atoms with E-state index in [0.29, 0.717) is 12.5 Å². The van der Waals surface area contributed by atoms with Crippen LogP contribution in [0.2, 0.25) is 0 Å². The number of guanidine groups is 1. The third kappa shape index (κ3) is 8.05. The number of aromatic nitrogens is 1. The zero-order valence-corrected chi connectivity index (χ0v) is 20.2. The molecule has 1 saturated heterocycles. The van der Waals surface area contributed by atoms with E-state index in [2.05, 4.69) is 25.3 Å². The van der Waals surface area contributed by atoms with Crippen LogP contribution in [0.15, 0.2) is 34.4 Å². The zero-order valence-electron chi connectivity index (χ0n) is 17.1. The van der Waals surface area contributed by atoms with Gasteiger partial charge < -0.3 is 15.5 Å². The number of amides is 1. The minimum atomic E-state index is -3.56. The number of likely N-dealkylation sites (tertiary alicyclic amines) is 1. The molecule has 0 aromatic carbocycles. The van der Waals surface area contributed by atoms with Gasteiger partial charge in [-0.05, 0) is 25.0 Å². The molecule has 2 rings (SSSR count). The van der Waals surface area contributed by atoms with E-state index in [1.807, 2.05) is 18.7 Å². The van der Waals surface area contributed by atoms with Crippen LogP contribution in [0.25, 0.3) is 0 Å². The summed E-state index contributed by atoms with van der Waals surface area (Å²) in [7, 11) is -1.89. The molecule has 1 aliphatic heterocycles. The van der Waals surface area contributed by atoms with Crippen molar-refractivity contribution in [2.45, 2.75) is 37.6 Å². The van der Waals surface area contributed by atoms with Gasteiger partial charge in [0.2, 0.25) is 15.9 Å². The fourth-order valence-electron chi connectivity index (χ4n) is 2.95. The number of carbonyl (C=O) groups is 1. The monoisotopic (exact) mass is 538 g/mol. The third-order valence-corrected chi connectivity index (χ3v) is 5.97. The molecule has 0 saturated carbocycles. The summed E-state index contributed by atoms with van der Waals surface area (Å²) in [4.78, 5) is 22.1. The predicted molar refractivity (Wildman–Crippen MR) is 124 cm³/mol. The first-order chi connectivity index (χ1) is 13.3. The van der Waals surface area contributed by atoms with E-state index in [-0.39, 0.29) is 53.3 Å². The van der Waals surface area contributed by atoms with E-state index in [1.54, 1.807) is 13.1 Å². The maximum atomic E-state index is 12.1. The summed E-state index contributed by atoms with van der Waals surface area (Å²) in [6.07, 6.45) is 4.55. The number of aliphatic imine (C=N–C) groups is 1. The molecule has 1 aromatic rings. The van der Waals surface area contributed by atoms with E-state index in [0.717, 1.165) is 25.9 Å². The minimum Gasteiger partial charge on any atom is -0.355 e. The molecule has 9 nitrogen and oxygen atoms in total. The number of rotatable bonds is 7. The Morgan fingerprint density at radius 2 is 2.00 bits per heavy atom. The molecule has 3 N–H and O–H groups in total. The van der Waals surface area contributed by atoms with Crippen LogP contribution in [-0.2, 0) is 14.8 Å². The number of hydrogen-bond acceptors (Lipinski definition) is 5. The van der Waals surface area contributed by atoms with Crippen LogP contribution >= 0.6 is 24.0 Å². The van der Waals surface area contributed by atoms with Crippen molar-refractivity contribution in [2.75, 3.05) is 33.2 Å². The van der Waals surface area contributed by atoms with Crippen molar-refractivity contribution in [3.05, 3.63) is 24.5 Å². The molecule has 0 aliphatic carbocycles. The molecular formula is C18H31IN6O3S. The summed E-state index contributed by atoms with van der Waals surface area (Å²) in [6, 6.07) is 3.31. The quantitative estimate of drug-likeness (QED) is 0.205. The van der Waals surface area contributed by atoms with E-state index in [1.165, 1.54) is 18.5 Å². The first kappa shape index (κ1) is 25.6. The van der Waals surface area contributed by atoms with Gasteiger partial charge in [0.1, 0.15) is 4.90 Å². The molecule has 1 aromatic heterocycles. The van der Waals surface area contributed by atoms with Crippen LogP contribution in [0.3, 0.4) is 0 Å². The summed E-state index contributed by atoms with van der Waals surface area (Å²) in [5.41, 5.74) is 0. The van der Waals surface area contributed by atoms with Gasteiger partial charge in [0.25, 0.3) is 0 Å². The van der Waals surface area contributed by atoms with Gasteiger partial charge in [-0.2, -0.15) is 0 Å². The van der Waals surface area contributed by atoms with Crippen LogP contribution in [-0.4, -0.2) is 69.4 Å². The van der Waals surface area contributed by atoms with Crippen molar-refractivity contribution >= 4 is 45.9 Å². The highest BCUT2D eigenvalue weighted by molar-refractivity contribution is 14.0. The average Bonchev–Trinajstić information content (AvgIpc) is 2.70. The Kier molecular flexibility index (Phi) is 10.8. The Bertz CT molecular complexity index is 765. The Hall–Kier alpha value is -1.47. The van der Waals surface area contributed by atoms with E-state index < -0.39 is 10.0 Å². The average molecular weight is 538 g/mol. The molecule has 0 radical (unpaired) electrons. The van der Waals surface area contributed by atoms with Gasteiger partial charge in [0.05, 0.1) is 0 Å². The number of sulfonamides is 1. The van der Waals surface area contributed by atoms with Crippen molar-refractivity contribution in [2.24, 2.45) is 10.9 Å². The maximum absolute atomic E-state index is 12.1. The first-order valence-corrected chi connectivity index (χ1v) is 11.0. The topological polar surface area (TPSA) is 116 Å². The number of pyridine rings is 1. The summed E-state index contributed by atoms with van der Waals surface area (Å²) in [6.45, 7) is 5.91. The second-order valence-electron chi connectivity index (χ2n) is 6.98. The van der Waals surface area contributed by atoms with Crippen molar-refractivity contribution in [1.82, 2.24) is 25.2 Å². The molecule has 1 amide bonds. The van der Waals surface area contributed by atoms with Crippen molar-refractivity contribution in [3.63, 3.8) is 0 Å². The number of carbonyl (C=O) groups excluding carboxylic acids is 1. The van der Waals surface area contributed by atoms with Gasteiger partial charge in [-0.3, -0.25) is 14.8 Å². The minimum absolute atomic E-state index is 0. The lowest BCUT2D eigenvalue weighted by atomic mass is 10.0. The molecule has 29 heavy (non-hydrogen) atoms. The van der Waals surface area contributed by atoms with Gasteiger partial charge in [-0.25, -0.2) is 13.1 Å². The van der Waals surface area contributed by atoms with Crippen molar-refractivity contribution < 1.29 is 13.2 Å². The molecule has 2 heterocycles. The van der Waals surface area contributed by atoms with Crippen LogP contribution in [0, 0.1) is 5.92 Å². The van der Waals surface area contributed by atoms with Crippen LogP contribution < -0.4 is 15.4 Å². The van der Waals surface area contributed by atoms with E-state index in [9.17, 15) is 13.2 Å². The van der Waals surface area contributed by atoms with E-state index in [4.69, 9.17) is 0 Å². The molecule has 0 unspecified atom stereocenters. The predicted octanol–water partition coefficient (Wildman–Crippen LogP) is 0.790. The molecule has 0 spiro atoms. The standard InChI is InChI=1S/C18H30N6O3S.HI/c1-14(2)17(25)24-11-6-15(7-12-24)23-18(19-3)21-9-10-22-28(26,27)16-5-4-8-20-13-16;/h4-5,8,13-15,22H,6-7,9-12H2,1-3H3,(H2,19,21,23);1H. The third-order valence-electron chi connectivity index (χ3n) is 4.52. The number of hydrogen-bond donors (Lipinski definition) is 3. The van der Waals surface area contributed by atoms with Gasteiger partial charge >= 0.3 is 0 Å². The molecule has 1 fully saturated rings. The molecular weight excluding hydrogens is 507 g/mol. The fourth-order valence-corrected chi connectivity index (χ4v) is 3.95. The molecule has 11 heteroatoms.